The number of aryl methyl sites for hydroxylation is 1. The molecule has 0 saturated carbocycles. The zero-order valence-electron chi connectivity index (χ0n) is 11.2. The summed E-state index contributed by atoms with van der Waals surface area (Å²) in [4.78, 5) is 8.60. The van der Waals surface area contributed by atoms with E-state index in [-0.39, 0.29) is 0 Å². The summed E-state index contributed by atoms with van der Waals surface area (Å²) in [5.41, 5.74) is 6.19. The fraction of sp³-hybridized carbons (Fsp3) is 0.667. The van der Waals surface area contributed by atoms with E-state index >= 15 is 0 Å². The van der Waals surface area contributed by atoms with Crippen LogP contribution in [0.2, 0.25) is 0 Å². The minimum atomic E-state index is -0.497. The van der Waals surface area contributed by atoms with Crippen molar-refractivity contribution in [2.45, 2.75) is 52.7 Å². The van der Waals surface area contributed by atoms with Crippen LogP contribution in [-0.4, -0.2) is 26.7 Å². The van der Waals surface area contributed by atoms with Crippen molar-refractivity contribution in [1.82, 2.24) is 9.97 Å². The number of aromatic nitrogens is 2. The molecule has 0 bridgehead atoms. The molecule has 0 spiro atoms. The molecule has 1 atom stereocenters. The van der Waals surface area contributed by atoms with Crippen molar-refractivity contribution in [3.05, 3.63) is 11.4 Å². The fourth-order valence-electron chi connectivity index (χ4n) is 1.27. The zero-order valence-corrected chi connectivity index (χ0v) is 11.2. The first-order valence-corrected chi connectivity index (χ1v) is 5.87. The summed E-state index contributed by atoms with van der Waals surface area (Å²) in [6.45, 7) is 9.43. The largest absolute Gasteiger partial charge is 0.391 e. The third-order valence-electron chi connectivity index (χ3n) is 3.03. The fourth-order valence-corrected chi connectivity index (χ4v) is 1.27. The van der Waals surface area contributed by atoms with Crippen molar-refractivity contribution in [3.63, 3.8) is 0 Å². The summed E-state index contributed by atoms with van der Waals surface area (Å²) in [7, 11) is 0. The second-order valence-corrected chi connectivity index (χ2v) is 4.87. The van der Waals surface area contributed by atoms with E-state index in [1.807, 2.05) is 27.7 Å². The van der Waals surface area contributed by atoms with Gasteiger partial charge >= 0.3 is 0 Å². The minimum Gasteiger partial charge on any atom is -0.391 e. The molecule has 0 aromatic carbocycles. The molecule has 1 aromatic rings. The summed E-state index contributed by atoms with van der Waals surface area (Å²) < 4.78 is 0. The van der Waals surface area contributed by atoms with Gasteiger partial charge in [0.2, 0.25) is 0 Å². The molecule has 0 amide bonds. The van der Waals surface area contributed by atoms with Crippen molar-refractivity contribution >= 4 is 11.6 Å². The van der Waals surface area contributed by atoms with E-state index in [0.29, 0.717) is 17.5 Å². The number of nitrogens with one attached hydrogen (secondary N) is 1. The Labute approximate surface area is 102 Å². The number of nitrogens with zero attached hydrogens (tertiary/aromatic N) is 2. The molecule has 4 N–H and O–H groups in total. The highest BCUT2D eigenvalue weighted by atomic mass is 16.3. The average Bonchev–Trinajstić information content (AvgIpc) is 2.23. The van der Waals surface area contributed by atoms with Crippen LogP contribution >= 0.6 is 0 Å². The first-order valence-electron chi connectivity index (χ1n) is 5.87. The SMILES string of the molecule is CCc1nc(N)c(C)c(NC(C)(C)C(C)O)n1. The quantitative estimate of drug-likeness (QED) is 0.740. The van der Waals surface area contributed by atoms with Gasteiger partial charge in [0.25, 0.3) is 0 Å². The topological polar surface area (TPSA) is 84.1 Å². The maximum Gasteiger partial charge on any atom is 0.135 e. The molecule has 1 heterocycles. The van der Waals surface area contributed by atoms with Crippen molar-refractivity contribution in [2.75, 3.05) is 11.1 Å². The average molecular weight is 238 g/mol. The Bertz CT molecular complexity index is 402. The number of hydrogen-bond acceptors (Lipinski definition) is 5. The first-order chi connectivity index (χ1) is 7.77. The third-order valence-corrected chi connectivity index (χ3v) is 3.03. The van der Waals surface area contributed by atoms with Gasteiger partial charge in [-0.3, -0.25) is 0 Å². The molecule has 5 heteroatoms. The van der Waals surface area contributed by atoms with Gasteiger partial charge < -0.3 is 16.2 Å². The van der Waals surface area contributed by atoms with Crippen LogP contribution in [0, 0.1) is 6.92 Å². The van der Waals surface area contributed by atoms with Gasteiger partial charge in [0.1, 0.15) is 17.5 Å². The van der Waals surface area contributed by atoms with Crippen molar-refractivity contribution in [1.29, 1.82) is 0 Å². The van der Waals surface area contributed by atoms with Crippen LogP contribution in [-0.2, 0) is 6.42 Å². The van der Waals surface area contributed by atoms with Crippen LogP contribution in [0.4, 0.5) is 11.6 Å². The molecule has 0 aliphatic heterocycles. The second kappa shape index (κ2) is 4.87. The van der Waals surface area contributed by atoms with Crippen molar-refractivity contribution in [2.24, 2.45) is 0 Å². The monoisotopic (exact) mass is 238 g/mol. The Morgan fingerprint density at radius 2 is 2.00 bits per heavy atom. The molecular formula is C12H22N4O. The Hall–Kier alpha value is -1.36. The van der Waals surface area contributed by atoms with Gasteiger partial charge in [-0.2, -0.15) is 0 Å². The molecule has 0 aliphatic carbocycles. The summed E-state index contributed by atoms with van der Waals surface area (Å²) in [5, 5.41) is 12.9. The summed E-state index contributed by atoms with van der Waals surface area (Å²) in [6.07, 6.45) is 0.233. The van der Waals surface area contributed by atoms with Gasteiger partial charge in [-0.1, -0.05) is 6.92 Å². The van der Waals surface area contributed by atoms with E-state index in [9.17, 15) is 5.11 Å². The lowest BCUT2D eigenvalue weighted by molar-refractivity contribution is 0.133. The highest BCUT2D eigenvalue weighted by molar-refractivity contribution is 5.56. The van der Waals surface area contributed by atoms with Crippen LogP contribution in [0.25, 0.3) is 0 Å². The van der Waals surface area contributed by atoms with E-state index in [2.05, 4.69) is 15.3 Å². The second-order valence-electron chi connectivity index (χ2n) is 4.87. The Morgan fingerprint density at radius 3 is 2.47 bits per heavy atom. The lowest BCUT2D eigenvalue weighted by Crippen LogP contribution is -2.42. The molecule has 0 aliphatic rings. The Morgan fingerprint density at radius 1 is 1.41 bits per heavy atom. The molecule has 1 rings (SSSR count). The number of rotatable bonds is 4. The smallest absolute Gasteiger partial charge is 0.135 e. The van der Waals surface area contributed by atoms with Gasteiger partial charge in [0, 0.05) is 12.0 Å². The predicted octanol–water partition coefficient (Wildman–Crippen LogP) is 1.50. The van der Waals surface area contributed by atoms with E-state index in [0.717, 1.165) is 12.0 Å². The number of aliphatic hydroxyl groups excluding tert-OH is 1. The van der Waals surface area contributed by atoms with Gasteiger partial charge in [-0.25, -0.2) is 9.97 Å². The van der Waals surface area contributed by atoms with Gasteiger partial charge in [0.15, 0.2) is 0 Å². The minimum absolute atomic E-state index is 0.462. The number of nitrogens with two attached hydrogens (primary N) is 1. The van der Waals surface area contributed by atoms with Crippen LogP contribution in [0.5, 0.6) is 0 Å². The van der Waals surface area contributed by atoms with Crippen molar-refractivity contribution in [3.8, 4) is 0 Å². The van der Waals surface area contributed by atoms with Gasteiger partial charge in [0.05, 0.1) is 11.6 Å². The summed E-state index contributed by atoms with van der Waals surface area (Å²) >= 11 is 0. The maximum absolute atomic E-state index is 9.69. The van der Waals surface area contributed by atoms with E-state index in [4.69, 9.17) is 5.73 Å². The van der Waals surface area contributed by atoms with E-state index < -0.39 is 11.6 Å². The molecule has 5 nitrogen and oxygen atoms in total. The standard InChI is InChI=1S/C12H22N4O/c1-6-9-14-10(13)7(2)11(15-9)16-12(4,5)8(3)17/h8,17H,6H2,1-5H3,(H3,13,14,15,16). The molecule has 0 radical (unpaired) electrons. The van der Waals surface area contributed by atoms with Crippen molar-refractivity contribution < 1.29 is 5.11 Å². The zero-order chi connectivity index (χ0) is 13.2. The molecule has 1 unspecified atom stereocenters. The normalized spacial score (nSPS) is 13.5. The third kappa shape index (κ3) is 3.06. The summed E-state index contributed by atoms with van der Waals surface area (Å²) in [5.74, 6) is 1.89. The highest BCUT2D eigenvalue weighted by Crippen LogP contribution is 2.22. The van der Waals surface area contributed by atoms with Gasteiger partial charge in [-0.05, 0) is 27.7 Å². The number of nitrogen functional groups attached to an aromatic ring is 1. The van der Waals surface area contributed by atoms with Crippen LogP contribution < -0.4 is 11.1 Å². The molecule has 17 heavy (non-hydrogen) atoms. The number of anilines is 2. The molecule has 1 aromatic heterocycles. The summed E-state index contributed by atoms with van der Waals surface area (Å²) in [6, 6.07) is 0. The Balaban J connectivity index is 3.10. The van der Waals surface area contributed by atoms with Gasteiger partial charge in [-0.15, -0.1) is 0 Å². The van der Waals surface area contributed by atoms with E-state index in [1.165, 1.54) is 0 Å². The maximum atomic E-state index is 9.69. The first kappa shape index (κ1) is 13.7. The van der Waals surface area contributed by atoms with Crippen LogP contribution in [0.15, 0.2) is 0 Å². The van der Waals surface area contributed by atoms with Crippen LogP contribution in [0.1, 0.15) is 39.1 Å². The lowest BCUT2D eigenvalue weighted by Gasteiger charge is -2.30. The Kier molecular flexibility index (Phi) is 3.93. The molecule has 96 valence electrons. The highest BCUT2D eigenvalue weighted by Gasteiger charge is 2.25. The lowest BCUT2D eigenvalue weighted by atomic mass is 9.98. The molecular weight excluding hydrogens is 216 g/mol. The van der Waals surface area contributed by atoms with E-state index in [1.54, 1.807) is 6.92 Å². The number of hydrogen-bond donors (Lipinski definition) is 3. The predicted molar refractivity (Wildman–Crippen MR) is 69.9 cm³/mol. The molecule has 0 fully saturated rings. The van der Waals surface area contributed by atoms with Crippen LogP contribution in [0.3, 0.4) is 0 Å². The number of aliphatic hydroxyl groups is 1. The molecule has 0 saturated heterocycles.